The van der Waals surface area contributed by atoms with Gasteiger partial charge in [0.15, 0.2) is 0 Å². The zero-order valence-corrected chi connectivity index (χ0v) is 10.2. The standard InChI is InChI=1S/C10H23NSi/c1-6-8-9-12(4,5)10-11(3)7-2/h6,8H,7,9-10H2,1-5H3. The van der Waals surface area contributed by atoms with Gasteiger partial charge in [-0.1, -0.05) is 32.2 Å². The Bertz CT molecular complexity index is 141. The van der Waals surface area contributed by atoms with Gasteiger partial charge in [0.1, 0.15) is 0 Å². The molecule has 0 aliphatic carbocycles. The molecule has 72 valence electrons. The second-order valence-electron chi connectivity index (χ2n) is 4.27. The highest BCUT2D eigenvalue weighted by atomic mass is 28.3. The fourth-order valence-electron chi connectivity index (χ4n) is 1.34. The van der Waals surface area contributed by atoms with Crippen molar-refractivity contribution in [2.45, 2.75) is 33.0 Å². The lowest BCUT2D eigenvalue weighted by Crippen LogP contribution is -2.40. The summed E-state index contributed by atoms with van der Waals surface area (Å²) in [5.41, 5.74) is 0. The van der Waals surface area contributed by atoms with Crippen LogP contribution in [-0.4, -0.2) is 32.7 Å². The number of rotatable bonds is 5. The van der Waals surface area contributed by atoms with Crippen LogP contribution < -0.4 is 0 Å². The van der Waals surface area contributed by atoms with Crippen LogP contribution in [0, 0.1) is 0 Å². The summed E-state index contributed by atoms with van der Waals surface area (Å²) in [5, 5.41) is 0. The van der Waals surface area contributed by atoms with Crippen molar-refractivity contribution in [3.63, 3.8) is 0 Å². The van der Waals surface area contributed by atoms with Gasteiger partial charge in [-0.3, -0.25) is 0 Å². The molecule has 0 aromatic heterocycles. The van der Waals surface area contributed by atoms with E-state index in [1.54, 1.807) is 0 Å². The molecular weight excluding hydrogens is 162 g/mol. The van der Waals surface area contributed by atoms with Gasteiger partial charge in [-0.05, 0) is 32.7 Å². The Balaban J connectivity index is 3.85. The molecule has 12 heavy (non-hydrogen) atoms. The lowest BCUT2D eigenvalue weighted by atomic mass is 10.6. The van der Waals surface area contributed by atoms with Crippen LogP contribution in [0.1, 0.15) is 13.8 Å². The van der Waals surface area contributed by atoms with Gasteiger partial charge in [0.05, 0.1) is 8.07 Å². The largest absolute Gasteiger partial charge is 0.309 e. The van der Waals surface area contributed by atoms with Crippen molar-refractivity contribution in [1.29, 1.82) is 0 Å². The first-order valence-corrected chi connectivity index (χ1v) is 8.23. The first-order valence-electron chi connectivity index (χ1n) is 4.81. The third kappa shape index (κ3) is 5.55. The third-order valence-corrected chi connectivity index (χ3v) is 4.88. The Morgan fingerprint density at radius 3 is 2.33 bits per heavy atom. The van der Waals surface area contributed by atoms with E-state index in [1.807, 2.05) is 0 Å². The van der Waals surface area contributed by atoms with Crippen LogP contribution in [0.15, 0.2) is 12.2 Å². The van der Waals surface area contributed by atoms with Gasteiger partial charge >= 0.3 is 0 Å². The minimum Gasteiger partial charge on any atom is -0.309 e. The molecule has 0 aliphatic heterocycles. The lowest BCUT2D eigenvalue weighted by Gasteiger charge is -2.26. The molecule has 0 bridgehead atoms. The maximum Gasteiger partial charge on any atom is 0.0666 e. The summed E-state index contributed by atoms with van der Waals surface area (Å²) in [5.74, 6) is 0. The number of hydrogen-bond acceptors (Lipinski definition) is 1. The molecule has 0 aliphatic rings. The van der Waals surface area contributed by atoms with Crippen molar-refractivity contribution >= 4 is 8.07 Å². The van der Waals surface area contributed by atoms with E-state index >= 15 is 0 Å². The molecule has 0 radical (unpaired) electrons. The van der Waals surface area contributed by atoms with Gasteiger partial charge in [0.2, 0.25) is 0 Å². The van der Waals surface area contributed by atoms with Gasteiger partial charge in [-0.2, -0.15) is 0 Å². The van der Waals surface area contributed by atoms with E-state index in [0.717, 1.165) is 0 Å². The van der Waals surface area contributed by atoms with Gasteiger partial charge in [-0.25, -0.2) is 0 Å². The van der Waals surface area contributed by atoms with Crippen molar-refractivity contribution in [3.05, 3.63) is 12.2 Å². The summed E-state index contributed by atoms with van der Waals surface area (Å²) in [6, 6.07) is 1.31. The lowest BCUT2D eigenvalue weighted by molar-refractivity contribution is 0.404. The molecule has 2 heteroatoms. The summed E-state index contributed by atoms with van der Waals surface area (Å²) in [7, 11) is 1.24. The van der Waals surface area contributed by atoms with E-state index in [-0.39, 0.29) is 0 Å². The van der Waals surface area contributed by atoms with Crippen molar-refractivity contribution in [3.8, 4) is 0 Å². The zero-order chi connectivity index (χ0) is 9.61. The summed E-state index contributed by atoms with van der Waals surface area (Å²) in [4.78, 5) is 2.43. The maximum absolute atomic E-state index is 2.46. The molecular formula is C10H23NSi. The molecule has 0 heterocycles. The maximum atomic E-state index is 2.46. The molecule has 0 saturated carbocycles. The Hall–Kier alpha value is -0.0831. The smallest absolute Gasteiger partial charge is 0.0666 e. The summed E-state index contributed by atoms with van der Waals surface area (Å²) < 4.78 is 0. The molecule has 0 saturated heterocycles. The van der Waals surface area contributed by atoms with Crippen molar-refractivity contribution in [2.75, 3.05) is 19.8 Å². The van der Waals surface area contributed by atoms with E-state index < -0.39 is 8.07 Å². The van der Waals surface area contributed by atoms with Crippen LogP contribution in [0.4, 0.5) is 0 Å². The SMILES string of the molecule is CC=CC[Si](C)(C)CN(C)CC. The topological polar surface area (TPSA) is 3.24 Å². The molecule has 1 nitrogen and oxygen atoms in total. The predicted molar refractivity (Wildman–Crippen MR) is 60.3 cm³/mol. The average Bonchev–Trinajstić information content (AvgIpc) is 2.00. The van der Waals surface area contributed by atoms with Gasteiger partial charge < -0.3 is 4.90 Å². The van der Waals surface area contributed by atoms with E-state index in [0.29, 0.717) is 0 Å². The van der Waals surface area contributed by atoms with E-state index in [2.05, 4.69) is 51.0 Å². The Labute approximate surface area is 78.5 Å². The third-order valence-electron chi connectivity index (χ3n) is 2.14. The highest BCUT2D eigenvalue weighted by Gasteiger charge is 2.19. The van der Waals surface area contributed by atoms with Crippen LogP contribution >= 0.6 is 0 Å². The molecule has 0 spiro atoms. The molecule has 0 fully saturated rings. The van der Waals surface area contributed by atoms with E-state index in [9.17, 15) is 0 Å². The minimum absolute atomic E-state index is 0.969. The number of hydrogen-bond donors (Lipinski definition) is 0. The molecule has 0 amide bonds. The zero-order valence-electron chi connectivity index (χ0n) is 9.22. The molecule has 0 aromatic rings. The van der Waals surface area contributed by atoms with Crippen LogP contribution in [0.5, 0.6) is 0 Å². The van der Waals surface area contributed by atoms with Gasteiger partial charge in [0, 0.05) is 0 Å². The predicted octanol–water partition coefficient (Wildman–Crippen LogP) is 2.76. The average molecular weight is 185 g/mol. The highest BCUT2D eigenvalue weighted by Crippen LogP contribution is 2.11. The van der Waals surface area contributed by atoms with Crippen molar-refractivity contribution in [2.24, 2.45) is 0 Å². The van der Waals surface area contributed by atoms with Gasteiger partial charge in [-0.15, -0.1) is 0 Å². The molecule has 0 aromatic carbocycles. The monoisotopic (exact) mass is 185 g/mol. The fourth-order valence-corrected chi connectivity index (χ4v) is 4.03. The van der Waals surface area contributed by atoms with E-state index in [1.165, 1.54) is 18.8 Å². The van der Waals surface area contributed by atoms with E-state index in [4.69, 9.17) is 0 Å². The Morgan fingerprint density at radius 2 is 1.92 bits per heavy atom. The summed E-state index contributed by atoms with van der Waals surface area (Å²) in [6.45, 7) is 10.4. The van der Waals surface area contributed by atoms with Crippen LogP contribution in [0.3, 0.4) is 0 Å². The van der Waals surface area contributed by atoms with Gasteiger partial charge in [0.25, 0.3) is 0 Å². The molecule has 0 N–H and O–H groups in total. The second kappa shape index (κ2) is 5.54. The number of nitrogens with zero attached hydrogens (tertiary/aromatic N) is 1. The minimum atomic E-state index is -0.969. The quantitative estimate of drug-likeness (QED) is 0.470. The first-order chi connectivity index (χ1) is 5.52. The number of allylic oxidation sites excluding steroid dienone is 2. The molecule has 0 rings (SSSR count). The van der Waals surface area contributed by atoms with Crippen LogP contribution in [-0.2, 0) is 0 Å². The normalized spacial score (nSPS) is 13.2. The fraction of sp³-hybridized carbons (Fsp3) is 0.800. The van der Waals surface area contributed by atoms with Crippen LogP contribution in [0.2, 0.25) is 19.1 Å². The van der Waals surface area contributed by atoms with Crippen molar-refractivity contribution in [1.82, 2.24) is 4.90 Å². The summed E-state index contributed by atoms with van der Waals surface area (Å²) >= 11 is 0. The Morgan fingerprint density at radius 1 is 1.33 bits per heavy atom. The van der Waals surface area contributed by atoms with Crippen molar-refractivity contribution < 1.29 is 0 Å². The second-order valence-corrected chi connectivity index (χ2v) is 9.32. The molecule has 0 unspecified atom stereocenters. The molecule has 0 atom stereocenters. The first kappa shape index (κ1) is 11.9. The highest BCUT2D eigenvalue weighted by molar-refractivity contribution is 6.77. The Kier molecular flexibility index (Phi) is 5.50. The summed E-state index contributed by atoms with van der Waals surface area (Å²) in [6.07, 6.45) is 5.80. The van der Waals surface area contributed by atoms with Crippen LogP contribution in [0.25, 0.3) is 0 Å².